The van der Waals surface area contributed by atoms with Gasteiger partial charge in [-0.1, -0.05) is 12.8 Å². The van der Waals surface area contributed by atoms with E-state index in [9.17, 15) is 13.2 Å². The van der Waals surface area contributed by atoms with Gasteiger partial charge in [0.05, 0.1) is 5.75 Å². The molecular weight excluding hydrogens is 398 g/mol. The number of amides is 1. The minimum atomic E-state index is -3.22. The summed E-state index contributed by atoms with van der Waals surface area (Å²) in [4.78, 5) is 18.7. The van der Waals surface area contributed by atoms with Crippen molar-refractivity contribution in [2.45, 2.75) is 38.1 Å². The number of rotatable bonds is 6. The highest BCUT2D eigenvalue weighted by Gasteiger charge is 2.32. The molecule has 28 heavy (non-hydrogen) atoms. The third-order valence-electron chi connectivity index (χ3n) is 5.78. The minimum Gasteiger partial charge on any atom is -0.355 e. The van der Waals surface area contributed by atoms with E-state index in [2.05, 4.69) is 15.6 Å². The third kappa shape index (κ3) is 5.76. The van der Waals surface area contributed by atoms with Crippen molar-refractivity contribution in [3.05, 3.63) is 0 Å². The molecule has 2 saturated heterocycles. The number of nitrogens with one attached hydrogen (secondary N) is 2. The fourth-order valence-electron chi connectivity index (χ4n) is 4.15. The van der Waals surface area contributed by atoms with E-state index >= 15 is 0 Å². The number of likely N-dealkylation sites (tertiary alicyclic amines) is 1. The normalized spacial score (nSPS) is 25.2. The monoisotopic (exact) mass is 431 g/mol. The summed E-state index contributed by atoms with van der Waals surface area (Å²) in [5.74, 6) is 2.92. The summed E-state index contributed by atoms with van der Waals surface area (Å²) in [6, 6.07) is 0.160. The van der Waals surface area contributed by atoms with Gasteiger partial charge >= 0.3 is 0 Å². The molecule has 1 saturated carbocycles. The molecule has 3 rings (SSSR count). The molecule has 0 aromatic carbocycles. The number of guanidine groups is 1. The Kier molecular flexibility index (Phi) is 7.87. The molecule has 2 N–H and O–H groups in total. The molecular formula is C18H33N5O3S2. The zero-order valence-electron chi connectivity index (χ0n) is 16.7. The molecule has 10 heteroatoms. The van der Waals surface area contributed by atoms with Crippen molar-refractivity contribution >= 4 is 33.7 Å². The van der Waals surface area contributed by atoms with Crippen LogP contribution in [0.25, 0.3) is 0 Å². The number of aliphatic imine (C=N–C) groups is 1. The first kappa shape index (κ1) is 21.7. The van der Waals surface area contributed by atoms with E-state index in [1.807, 2.05) is 4.90 Å². The third-order valence-corrected chi connectivity index (χ3v) is 8.60. The van der Waals surface area contributed by atoms with Gasteiger partial charge in [0.15, 0.2) is 5.96 Å². The zero-order valence-corrected chi connectivity index (χ0v) is 18.4. The smallest absolute Gasteiger partial charge is 0.225 e. The second-order valence-electron chi connectivity index (χ2n) is 7.72. The van der Waals surface area contributed by atoms with Crippen LogP contribution in [0.15, 0.2) is 4.99 Å². The number of thioether (sulfide) groups is 1. The van der Waals surface area contributed by atoms with Crippen molar-refractivity contribution in [3.63, 3.8) is 0 Å². The van der Waals surface area contributed by atoms with E-state index in [-0.39, 0.29) is 17.7 Å². The largest absolute Gasteiger partial charge is 0.355 e. The fourth-order valence-corrected chi connectivity index (χ4v) is 6.64. The quantitative estimate of drug-likeness (QED) is 0.465. The molecule has 0 bridgehead atoms. The minimum absolute atomic E-state index is 0.0648. The number of hydrogen-bond acceptors (Lipinski definition) is 5. The average molecular weight is 432 g/mol. The van der Waals surface area contributed by atoms with Gasteiger partial charge in [-0.15, -0.1) is 0 Å². The van der Waals surface area contributed by atoms with Crippen LogP contribution >= 0.6 is 11.8 Å². The molecule has 0 radical (unpaired) electrons. The van der Waals surface area contributed by atoms with Gasteiger partial charge in [0.1, 0.15) is 0 Å². The molecule has 160 valence electrons. The molecule has 1 aliphatic carbocycles. The van der Waals surface area contributed by atoms with Crippen LogP contribution in [-0.4, -0.2) is 92.6 Å². The number of carbonyl (C=O) groups is 1. The first-order valence-electron chi connectivity index (χ1n) is 10.3. The molecule has 2 aliphatic heterocycles. The summed E-state index contributed by atoms with van der Waals surface area (Å²) >= 11 is 1.80. The first-order chi connectivity index (χ1) is 13.5. The number of sulfonamides is 1. The van der Waals surface area contributed by atoms with Crippen molar-refractivity contribution in [1.29, 1.82) is 0 Å². The molecule has 2 heterocycles. The lowest BCUT2D eigenvalue weighted by Gasteiger charge is -2.26. The van der Waals surface area contributed by atoms with Gasteiger partial charge in [-0.2, -0.15) is 11.8 Å². The lowest BCUT2D eigenvalue weighted by molar-refractivity contribution is -0.134. The Morgan fingerprint density at radius 1 is 1.14 bits per heavy atom. The molecule has 8 nitrogen and oxygen atoms in total. The van der Waals surface area contributed by atoms with Crippen molar-refractivity contribution in [1.82, 2.24) is 19.8 Å². The van der Waals surface area contributed by atoms with Crippen LogP contribution in [0.2, 0.25) is 0 Å². The summed E-state index contributed by atoms with van der Waals surface area (Å²) in [7, 11) is -1.54. The van der Waals surface area contributed by atoms with Crippen LogP contribution in [0, 0.1) is 5.92 Å². The van der Waals surface area contributed by atoms with Crippen LogP contribution in [0.1, 0.15) is 32.1 Å². The molecule has 3 fully saturated rings. The maximum Gasteiger partial charge on any atom is 0.225 e. The van der Waals surface area contributed by atoms with Crippen molar-refractivity contribution in [3.8, 4) is 0 Å². The highest BCUT2D eigenvalue weighted by molar-refractivity contribution is 7.99. The molecule has 0 aromatic rings. The van der Waals surface area contributed by atoms with Crippen LogP contribution in [-0.2, 0) is 14.8 Å². The second kappa shape index (κ2) is 10.2. The molecule has 0 aromatic heterocycles. The maximum absolute atomic E-state index is 12.6. The predicted molar refractivity (Wildman–Crippen MR) is 114 cm³/mol. The molecule has 0 spiro atoms. The average Bonchev–Trinajstić information content (AvgIpc) is 3.39. The predicted octanol–water partition coefficient (Wildman–Crippen LogP) is 0.321. The van der Waals surface area contributed by atoms with Crippen LogP contribution < -0.4 is 10.6 Å². The van der Waals surface area contributed by atoms with Crippen molar-refractivity contribution in [2.75, 3.05) is 57.0 Å². The van der Waals surface area contributed by atoms with Gasteiger partial charge in [0, 0.05) is 63.2 Å². The van der Waals surface area contributed by atoms with E-state index in [0.29, 0.717) is 38.0 Å². The Bertz CT molecular complexity index is 658. The van der Waals surface area contributed by atoms with Crippen molar-refractivity contribution < 1.29 is 13.2 Å². The van der Waals surface area contributed by atoms with Gasteiger partial charge in [0.25, 0.3) is 0 Å². The van der Waals surface area contributed by atoms with Gasteiger partial charge in [-0.3, -0.25) is 9.79 Å². The van der Waals surface area contributed by atoms with Crippen LogP contribution in [0.5, 0.6) is 0 Å². The van der Waals surface area contributed by atoms with E-state index in [0.717, 1.165) is 37.3 Å². The summed E-state index contributed by atoms with van der Waals surface area (Å²) in [5, 5.41) is 6.46. The lowest BCUT2D eigenvalue weighted by atomic mass is 10.1. The number of hydrogen-bond donors (Lipinski definition) is 2. The number of nitrogens with zero attached hydrogens (tertiary/aromatic N) is 3. The number of carbonyl (C=O) groups excluding carboxylic acids is 1. The Labute approximate surface area is 172 Å². The Morgan fingerprint density at radius 3 is 2.54 bits per heavy atom. The van der Waals surface area contributed by atoms with Crippen LogP contribution in [0.4, 0.5) is 0 Å². The van der Waals surface area contributed by atoms with Gasteiger partial charge in [-0.25, -0.2) is 12.7 Å². The van der Waals surface area contributed by atoms with Gasteiger partial charge in [-0.05, 0) is 19.3 Å². The highest BCUT2D eigenvalue weighted by Crippen LogP contribution is 2.27. The molecule has 1 unspecified atom stereocenters. The fraction of sp³-hybridized carbons (Fsp3) is 0.889. The van der Waals surface area contributed by atoms with E-state index in [4.69, 9.17) is 0 Å². The SMILES string of the molecule is CN=C(NCCS(=O)(=O)N1CCSCC1)NC1CCN(C(=O)C2CCCC2)C1. The first-order valence-corrected chi connectivity index (χ1v) is 13.1. The van der Waals surface area contributed by atoms with Gasteiger partial charge in [0.2, 0.25) is 15.9 Å². The standard InChI is InChI=1S/C18H33N5O3S2/c1-19-18(20-7-13-28(25,26)23-9-11-27-12-10-23)21-16-6-8-22(14-16)17(24)15-4-2-3-5-15/h15-16H,2-14H2,1H3,(H2,19,20,21). The Hall–Kier alpha value is -1.00. The van der Waals surface area contributed by atoms with E-state index in [1.165, 1.54) is 12.8 Å². The highest BCUT2D eigenvalue weighted by atomic mass is 32.2. The summed E-state index contributed by atoms with van der Waals surface area (Å²) < 4.78 is 26.4. The second-order valence-corrected chi connectivity index (χ2v) is 11.0. The molecule has 1 atom stereocenters. The summed E-state index contributed by atoms with van der Waals surface area (Å²) in [5.41, 5.74) is 0. The van der Waals surface area contributed by atoms with Crippen molar-refractivity contribution in [2.24, 2.45) is 10.9 Å². The Balaban J connectivity index is 1.40. The topological polar surface area (TPSA) is 94.1 Å². The summed E-state index contributed by atoms with van der Waals surface area (Å²) in [6.07, 6.45) is 5.29. The molecule has 3 aliphatic rings. The van der Waals surface area contributed by atoms with E-state index < -0.39 is 10.0 Å². The van der Waals surface area contributed by atoms with E-state index in [1.54, 1.807) is 23.1 Å². The molecule has 1 amide bonds. The zero-order chi connectivity index (χ0) is 20.0. The lowest BCUT2D eigenvalue weighted by Crippen LogP contribution is -2.47. The maximum atomic E-state index is 12.6. The van der Waals surface area contributed by atoms with Crippen LogP contribution in [0.3, 0.4) is 0 Å². The van der Waals surface area contributed by atoms with Gasteiger partial charge < -0.3 is 15.5 Å². The summed E-state index contributed by atoms with van der Waals surface area (Å²) in [6.45, 7) is 3.01. The Morgan fingerprint density at radius 2 is 1.86 bits per heavy atom.